The van der Waals surface area contributed by atoms with Crippen molar-refractivity contribution in [1.29, 1.82) is 0 Å². The van der Waals surface area contributed by atoms with Crippen molar-refractivity contribution < 1.29 is 9.15 Å². The minimum Gasteiger partial charge on any atom is -0.491 e. The van der Waals surface area contributed by atoms with Gasteiger partial charge in [0.15, 0.2) is 0 Å². The van der Waals surface area contributed by atoms with Crippen molar-refractivity contribution in [3.63, 3.8) is 0 Å². The van der Waals surface area contributed by atoms with Crippen LogP contribution in [0.3, 0.4) is 0 Å². The number of hydrogen-bond donors (Lipinski definition) is 2. The molecule has 4 nitrogen and oxygen atoms in total. The highest BCUT2D eigenvalue weighted by Gasteiger charge is 2.41. The first-order chi connectivity index (χ1) is 11.7. The highest BCUT2D eigenvalue weighted by molar-refractivity contribution is 5.37. The summed E-state index contributed by atoms with van der Waals surface area (Å²) in [6, 6.07) is 10.6. The maximum atomic E-state index is 6.05. The first kappa shape index (κ1) is 15.7. The van der Waals surface area contributed by atoms with Crippen molar-refractivity contribution in [2.24, 2.45) is 5.92 Å². The minimum absolute atomic E-state index is 0.197. The molecule has 128 valence electrons. The third-order valence-electron chi connectivity index (χ3n) is 5.34. The van der Waals surface area contributed by atoms with E-state index in [1.807, 2.05) is 6.26 Å². The second kappa shape index (κ2) is 6.61. The molecule has 2 aliphatic heterocycles. The molecule has 0 radical (unpaired) electrons. The Morgan fingerprint density at radius 3 is 2.75 bits per heavy atom. The lowest BCUT2D eigenvalue weighted by molar-refractivity contribution is 0.227. The Balaban J connectivity index is 1.56. The van der Waals surface area contributed by atoms with Gasteiger partial charge in [-0.05, 0) is 49.4 Å². The van der Waals surface area contributed by atoms with E-state index >= 15 is 0 Å². The number of piperidine rings is 1. The average Bonchev–Trinajstić information content (AvgIpc) is 3.23. The molecule has 4 atom stereocenters. The molecule has 0 bridgehead atoms. The summed E-state index contributed by atoms with van der Waals surface area (Å²) in [5.41, 5.74) is 2.64. The molecule has 2 aliphatic rings. The van der Waals surface area contributed by atoms with Crippen molar-refractivity contribution in [3.05, 3.63) is 54.0 Å². The molecule has 4 rings (SSSR count). The monoisotopic (exact) mass is 326 g/mol. The van der Waals surface area contributed by atoms with Crippen LogP contribution in [0, 0.1) is 5.92 Å². The number of fused-ring (bicyclic) bond motifs is 1. The van der Waals surface area contributed by atoms with Crippen LogP contribution in [0.4, 0.5) is 0 Å². The van der Waals surface area contributed by atoms with E-state index in [1.54, 1.807) is 6.26 Å². The number of furan rings is 1. The topological polar surface area (TPSA) is 46.4 Å². The van der Waals surface area contributed by atoms with E-state index in [0.717, 1.165) is 18.8 Å². The number of nitrogens with one attached hydrogen (secondary N) is 2. The molecule has 1 aromatic heterocycles. The fourth-order valence-electron chi connectivity index (χ4n) is 4.26. The predicted octanol–water partition coefficient (Wildman–Crippen LogP) is 3.47. The first-order valence-corrected chi connectivity index (χ1v) is 8.97. The van der Waals surface area contributed by atoms with Gasteiger partial charge in [-0.25, -0.2) is 0 Å². The zero-order valence-electron chi connectivity index (χ0n) is 14.4. The van der Waals surface area contributed by atoms with Gasteiger partial charge in [0.1, 0.15) is 5.75 Å². The van der Waals surface area contributed by atoms with Crippen LogP contribution in [0.5, 0.6) is 5.75 Å². The smallest absolute Gasteiger partial charge is 0.123 e. The summed E-state index contributed by atoms with van der Waals surface area (Å²) in [4.78, 5) is 0. The summed E-state index contributed by atoms with van der Waals surface area (Å²) >= 11 is 0. The molecule has 1 aromatic carbocycles. The SMILES string of the molecule is CC(C)Oc1ccccc1C1CNC2NCC(c3ccoc3)C2C1. The average molecular weight is 326 g/mol. The van der Waals surface area contributed by atoms with E-state index in [4.69, 9.17) is 9.15 Å². The van der Waals surface area contributed by atoms with Gasteiger partial charge in [0.05, 0.1) is 24.8 Å². The lowest BCUT2D eigenvalue weighted by atomic mass is 9.77. The van der Waals surface area contributed by atoms with E-state index in [-0.39, 0.29) is 6.10 Å². The Morgan fingerprint density at radius 2 is 1.96 bits per heavy atom. The second-order valence-electron chi connectivity index (χ2n) is 7.26. The molecular weight excluding hydrogens is 300 g/mol. The van der Waals surface area contributed by atoms with Crippen molar-refractivity contribution >= 4 is 0 Å². The van der Waals surface area contributed by atoms with Crippen molar-refractivity contribution in [3.8, 4) is 5.75 Å². The van der Waals surface area contributed by atoms with Gasteiger partial charge in [-0.2, -0.15) is 0 Å². The Kier molecular flexibility index (Phi) is 4.33. The number of benzene rings is 1. The first-order valence-electron chi connectivity index (χ1n) is 8.97. The normalized spacial score (nSPS) is 29.6. The molecule has 2 N–H and O–H groups in total. The van der Waals surface area contributed by atoms with E-state index in [2.05, 4.69) is 54.8 Å². The Morgan fingerprint density at radius 1 is 1.12 bits per heavy atom. The molecule has 2 aromatic rings. The van der Waals surface area contributed by atoms with Gasteiger partial charge in [0.2, 0.25) is 0 Å². The van der Waals surface area contributed by atoms with Crippen LogP contribution < -0.4 is 15.4 Å². The number of rotatable bonds is 4. The summed E-state index contributed by atoms with van der Waals surface area (Å²) in [6.45, 7) is 6.17. The quantitative estimate of drug-likeness (QED) is 0.903. The highest BCUT2D eigenvalue weighted by Crippen LogP contribution is 2.42. The summed E-state index contributed by atoms with van der Waals surface area (Å²) in [5, 5.41) is 7.34. The van der Waals surface area contributed by atoms with Gasteiger partial charge in [0, 0.05) is 24.9 Å². The van der Waals surface area contributed by atoms with Crippen LogP contribution >= 0.6 is 0 Å². The molecule has 0 aliphatic carbocycles. The maximum Gasteiger partial charge on any atom is 0.123 e. The molecular formula is C20H26N2O2. The predicted molar refractivity (Wildman–Crippen MR) is 94.3 cm³/mol. The van der Waals surface area contributed by atoms with Crippen LogP contribution in [0.25, 0.3) is 0 Å². The largest absolute Gasteiger partial charge is 0.491 e. The fourth-order valence-corrected chi connectivity index (χ4v) is 4.26. The molecule has 24 heavy (non-hydrogen) atoms. The van der Waals surface area contributed by atoms with Crippen LogP contribution in [0.15, 0.2) is 47.3 Å². The third kappa shape index (κ3) is 2.96. The van der Waals surface area contributed by atoms with E-state index < -0.39 is 0 Å². The molecule has 4 unspecified atom stereocenters. The summed E-state index contributed by atoms with van der Waals surface area (Å²) < 4.78 is 11.4. The Hall–Kier alpha value is -1.78. The molecule has 0 amide bonds. The fraction of sp³-hybridized carbons (Fsp3) is 0.500. The van der Waals surface area contributed by atoms with Gasteiger partial charge in [-0.3, -0.25) is 0 Å². The standard InChI is InChI=1S/C20H26N2O2/c1-13(2)24-19-6-4-3-5-16(19)15-9-17-18(14-7-8-23-12-14)11-22-20(17)21-10-15/h3-8,12-13,15,17-18,20-22H,9-11H2,1-2H3. The van der Waals surface area contributed by atoms with Crippen molar-refractivity contribution in [1.82, 2.24) is 10.6 Å². The van der Waals surface area contributed by atoms with Crippen LogP contribution in [0.1, 0.15) is 43.2 Å². The minimum atomic E-state index is 0.197. The Bertz CT molecular complexity index is 668. The lowest BCUT2D eigenvalue weighted by Gasteiger charge is -2.35. The van der Waals surface area contributed by atoms with Gasteiger partial charge < -0.3 is 19.8 Å². The molecule has 0 saturated carbocycles. The third-order valence-corrected chi connectivity index (χ3v) is 5.34. The van der Waals surface area contributed by atoms with Gasteiger partial charge in [-0.15, -0.1) is 0 Å². The molecule has 4 heteroatoms. The number of hydrogen-bond acceptors (Lipinski definition) is 4. The summed E-state index contributed by atoms with van der Waals surface area (Å²) in [5.74, 6) is 2.61. The Labute approximate surface area is 143 Å². The number of ether oxygens (including phenoxy) is 1. The zero-order chi connectivity index (χ0) is 16.5. The van der Waals surface area contributed by atoms with Crippen LogP contribution in [-0.4, -0.2) is 25.4 Å². The second-order valence-corrected chi connectivity index (χ2v) is 7.26. The highest BCUT2D eigenvalue weighted by atomic mass is 16.5. The van der Waals surface area contributed by atoms with E-state index in [9.17, 15) is 0 Å². The lowest BCUT2D eigenvalue weighted by Crippen LogP contribution is -2.48. The van der Waals surface area contributed by atoms with Gasteiger partial charge in [-0.1, -0.05) is 18.2 Å². The van der Waals surface area contributed by atoms with Crippen LogP contribution in [0.2, 0.25) is 0 Å². The summed E-state index contributed by atoms with van der Waals surface area (Å²) in [7, 11) is 0. The van der Waals surface area contributed by atoms with E-state index in [0.29, 0.717) is 23.9 Å². The maximum absolute atomic E-state index is 6.05. The van der Waals surface area contributed by atoms with Crippen molar-refractivity contribution in [2.75, 3.05) is 13.1 Å². The molecule has 2 fully saturated rings. The molecule has 3 heterocycles. The molecule has 2 saturated heterocycles. The van der Waals surface area contributed by atoms with Crippen molar-refractivity contribution in [2.45, 2.75) is 44.4 Å². The zero-order valence-corrected chi connectivity index (χ0v) is 14.4. The van der Waals surface area contributed by atoms with Gasteiger partial charge in [0.25, 0.3) is 0 Å². The van der Waals surface area contributed by atoms with E-state index in [1.165, 1.54) is 17.5 Å². The molecule has 0 spiro atoms. The number of para-hydroxylation sites is 1. The van der Waals surface area contributed by atoms with Gasteiger partial charge >= 0.3 is 0 Å². The summed E-state index contributed by atoms with van der Waals surface area (Å²) in [6.07, 6.45) is 5.44. The van der Waals surface area contributed by atoms with Crippen LogP contribution in [-0.2, 0) is 0 Å².